The third-order valence-corrected chi connectivity index (χ3v) is 3.74. The van der Waals surface area contributed by atoms with Crippen LogP contribution in [-0.2, 0) is 17.3 Å². The van der Waals surface area contributed by atoms with Crippen LogP contribution in [0.15, 0.2) is 12.1 Å². The maximum absolute atomic E-state index is 6.42. The van der Waals surface area contributed by atoms with Gasteiger partial charge in [-0.15, -0.1) is 0 Å². The number of hydrogen-bond acceptors (Lipinski definition) is 1. The molecule has 0 unspecified atom stereocenters. The number of aryl methyl sites for hydroxylation is 1. The van der Waals surface area contributed by atoms with Gasteiger partial charge in [-0.3, -0.25) is 0 Å². The van der Waals surface area contributed by atoms with Crippen LogP contribution < -0.4 is 5.73 Å². The average Bonchev–Trinajstić information content (AvgIpc) is 2.24. The van der Waals surface area contributed by atoms with Crippen molar-refractivity contribution in [3.8, 4) is 0 Å². The summed E-state index contributed by atoms with van der Waals surface area (Å²) in [5.41, 5.74) is 11.7. The zero-order chi connectivity index (χ0) is 14.8. The molecule has 108 valence electrons. The SMILES string of the molecule is CCCCc1cc(C(C)(C)C)cc(C(C)(C)C)c1N. The Morgan fingerprint density at radius 1 is 0.947 bits per heavy atom. The van der Waals surface area contributed by atoms with Gasteiger partial charge in [0.2, 0.25) is 0 Å². The fraction of sp³-hybridized carbons (Fsp3) is 0.667. The molecule has 0 aliphatic heterocycles. The first kappa shape index (κ1) is 16.1. The van der Waals surface area contributed by atoms with Crippen molar-refractivity contribution in [2.45, 2.75) is 78.6 Å². The number of benzene rings is 1. The highest BCUT2D eigenvalue weighted by Crippen LogP contribution is 2.35. The predicted molar refractivity (Wildman–Crippen MR) is 86.9 cm³/mol. The highest BCUT2D eigenvalue weighted by Gasteiger charge is 2.23. The molecule has 2 N–H and O–H groups in total. The van der Waals surface area contributed by atoms with E-state index < -0.39 is 0 Å². The van der Waals surface area contributed by atoms with Crippen molar-refractivity contribution in [3.05, 3.63) is 28.8 Å². The molecule has 1 aromatic rings. The fourth-order valence-corrected chi connectivity index (χ4v) is 2.34. The maximum Gasteiger partial charge on any atom is 0.0384 e. The van der Waals surface area contributed by atoms with E-state index in [1.54, 1.807) is 0 Å². The lowest BCUT2D eigenvalue weighted by Gasteiger charge is -2.28. The van der Waals surface area contributed by atoms with Gasteiger partial charge in [0.15, 0.2) is 0 Å². The largest absolute Gasteiger partial charge is 0.398 e. The van der Waals surface area contributed by atoms with Crippen LogP contribution in [0.4, 0.5) is 5.69 Å². The van der Waals surface area contributed by atoms with Gasteiger partial charge in [-0.1, -0.05) is 67.0 Å². The van der Waals surface area contributed by atoms with E-state index in [4.69, 9.17) is 5.73 Å². The summed E-state index contributed by atoms with van der Waals surface area (Å²) >= 11 is 0. The van der Waals surface area contributed by atoms with Crippen LogP contribution in [0.1, 0.15) is 78.0 Å². The molecule has 0 saturated carbocycles. The molecule has 19 heavy (non-hydrogen) atoms. The molecule has 0 radical (unpaired) electrons. The Labute approximate surface area is 119 Å². The molecular formula is C18H31N. The first-order valence-electron chi connectivity index (χ1n) is 7.50. The molecule has 0 bridgehead atoms. The second-order valence-corrected chi connectivity index (χ2v) is 7.70. The molecule has 1 rings (SSSR count). The Morgan fingerprint density at radius 2 is 1.53 bits per heavy atom. The summed E-state index contributed by atoms with van der Waals surface area (Å²) in [6.07, 6.45) is 3.51. The van der Waals surface area contributed by atoms with Crippen molar-refractivity contribution in [2.24, 2.45) is 0 Å². The fourth-order valence-electron chi connectivity index (χ4n) is 2.34. The zero-order valence-corrected chi connectivity index (χ0v) is 13.9. The standard InChI is InChI=1S/C18H31N/c1-8-9-10-13-11-14(17(2,3)4)12-15(16(13)19)18(5,6)7/h11-12H,8-10,19H2,1-7H3. The second kappa shape index (κ2) is 5.56. The van der Waals surface area contributed by atoms with Gasteiger partial charge >= 0.3 is 0 Å². The summed E-state index contributed by atoms with van der Waals surface area (Å²) in [7, 11) is 0. The Kier molecular flexibility index (Phi) is 4.71. The van der Waals surface area contributed by atoms with Crippen LogP contribution >= 0.6 is 0 Å². The van der Waals surface area contributed by atoms with E-state index in [2.05, 4.69) is 60.6 Å². The quantitative estimate of drug-likeness (QED) is 0.743. The maximum atomic E-state index is 6.42. The molecule has 0 aromatic heterocycles. The van der Waals surface area contributed by atoms with E-state index in [9.17, 15) is 0 Å². The minimum absolute atomic E-state index is 0.103. The highest BCUT2D eigenvalue weighted by molar-refractivity contribution is 5.59. The van der Waals surface area contributed by atoms with Gasteiger partial charge in [-0.25, -0.2) is 0 Å². The van der Waals surface area contributed by atoms with Crippen LogP contribution in [0.2, 0.25) is 0 Å². The molecule has 1 nitrogen and oxygen atoms in total. The molecular weight excluding hydrogens is 230 g/mol. The van der Waals surface area contributed by atoms with Crippen LogP contribution in [0.3, 0.4) is 0 Å². The molecule has 1 aromatic carbocycles. The van der Waals surface area contributed by atoms with Gasteiger partial charge in [-0.05, 0) is 40.4 Å². The molecule has 0 spiro atoms. The first-order chi connectivity index (χ1) is 8.57. The summed E-state index contributed by atoms with van der Waals surface area (Å²) in [5.74, 6) is 0. The van der Waals surface area contributed by atoms with E-state index in [0.29, 0.717) is 0 Å². The van der Waals surface area contributed by atoms with E-state index >= 15 is 0 Å². The molecule has 0 fully saturated rings. The Balaban J connectivity index is 3.39. The van der Waals surface area contributed by atoms with Gasteiger partial charge in [0.05, 0.1) is 0 Å². The average molecular weight is 261 g/mol. The smallest absolute Gasteiger partial charge is 0.0384 e. The van der Waals surface area contributed by atoms with E-state index in [1.807, 2.05) is 0 Å². The predicted octanol–water partition coefficient (Wildman–Crippen LogP) is 5.21. The van der Waals surface area contributed by atoms with Crippen molar-refractivity contribution in [3.63, 3.8) is 0 Å². The third-order valence-electron chi connectivity index (χ3n) is 3.74. The molecule has 0 aliphatic rings. The summed E-state index contributed by atoms with van der Waals surface area (Å²) in [5, 5.41) is 0. The summed E-state index contributed by atoms with van der Waals surface area (Å²) in [6, 6.07) is 4.63. The molecule has 0 heterocycles. The summed E-state index contributed by atoms with van der Waals surface area (Å²) in [6.45, 7) is 15.8. The molecule has 0 amide bonds. The Hall–Kier alpha value is -0.980. The van der Waals surface area contributed by atoms with Crippen molar-refractivity contribution >= 4 is 5.69 Å². The van der Waals surface area contributed by atoms with Gasteiger partial charge in [-0.2, -0.15) is 0 Å². The number of rotatable bonds is 3. The van der Waals surface area contributed by atoms with Crippen LogP contribution in [0.5, 0.6) is 0 Å². The van der Waals surface area contributed by atoms with Gasteiger partial charge in [0, 0.05) is 5.69 Å². The van der Waals surface area contributed by atoms with Crippen molar-refractivity contribution in [1.29, 1.82) is 0 Å². The number of unbranched alkanes of at least 4 members (excludes halogenated alkanes) is 1. The van der Waals surface area contributed by atoms with Crippen molar-refractivity contribution in [2.75, 3.05) is 5.73 Å². The van der Waals surface area contributed by atoms with Gasteiger partial charge < -0.3 is 5.73 Å². The third kappa shape index (κ3) is 3.99. The van der Waals surface area contributed by atoms with E-state index in [-0.39, 0.29) is 10.8 Å². The summed E-state index contributed by atoms with van der Waals surface area (Å²) in [4.78, 5) is 0. The first-order valence-corrected chi connectivity index (χ1v) is 7.50. The van der Waals surface area contributed by atoms with Crippen LogP contribution in [0.25, 0.3) is 0 Å². The van der Waals surface area contributed by atoms with Crippen molar-refractivity contribution in [1.82, 2.24) is 0 Å². The Morgan fingerprint density at radius 3 is 1.95 bits per heavy atom. The monoisotopic (exact) mass is 261 g/mol. The number of hydrogen-bond donors (Lipinski definition) is 1. The normalized spacial score (nSPS) is 12.8. The minimum Gasteiger partial charge on any atom is -0.398 e. The molecule has 0 aliphatic carbocycles. The minimum atomic E-state index is 0.103. The van der Waals surface area contributed by atoms with E-state index in [1.165, 1.54) is 29.5 Å². The number of nitrogen functional groups attached to an aromatic ring is 1. The lowest BCUT2D eigenvalue weighted by Crippen LogP contribution is -2.19. The van der Waals surface area contributed by atoms with Crippen LogP contribution in [-0.4, -0.2) is 0 Å². The number of anilines is 1. The van der Waals surface area contributed by atoms with Crippen LogP contribution in [0, 0.1) is 0 Å². The van der Waals surface area contributed by atoms with E-state index in [0.717, 1.165) is 12.1 Å². The molecule has 0 saturated heterocycles. The highest BCUT2D eigenvalue weighted by atomic mass is 14.6. The van der Waals surface area contributed by atoms with Gasteiger partial charge in [0.25, 0.3) is 0 Å². The number of nitrogens with two attached hydrogens (primary N) is 1. The second-order valence-electron chi connectivity index (χ2n) is 7.70. The lowest BCUT2D eigenvalue weighted by atomic mass is 9.78. The lowest BCUT2D eigenvalue weighted by molar-refractivity contribution is 0.568. The Bertz CT molecular complexity index is 430. The molecule has 1 heteroatoms. The topological polar surface area (TPSA) is 26.0 Å². The zero-order valence-electron chi connectivity index (χ0n) is 13.9. The van der Waals surface area contributed by atoms with Crippen molar-refractivity contribution < 1.29 is 0 Å². The summed E-state index contributed by atoms with van der Waals surface area (Å²) < 4.78 is 0. The van der Waals surface area contributed by atoms with Gasteiger partial charge in [0.1, 0.15) is 0 Å². The molecule has 0 atom stereocenters.